The van der Waals surface area contributed by atoms with Gasteiger partial charge in [-0.15, -0.1) is 5.11 Å². The number of hydrogen-bond acceptors (Lipinski definition) is 4. The molecule has 0 bridgehead atoms. The molecular weight excluding hydrogens is 224 g/mol. The molecule has 0 radical (unpaired) electrons. The Balaban J connectivity index is 1.93. The van der Waals surface area contributed by atoms with Crippen LogP contribution in [0.2, 0.25) is 0 Å². The van der Waals surface area contributed by atoms with Crippen molar-refractivity contribution < 1.29 is 0 Å². The molecule has 3 rings (SSSR count). The van der Waals surface area contributed by atoms with Crippen LogP contribution >= 0.6 is 0 Å². The minimum atomic E-state index is 0.865. The van der Waals surface area contributed by atoms with Crippen molar-refractivity contribution in [2.75, 3.05) is 10.5 Å². The molecule has 4 nitrogen and oxygen atoms in total. The van der Waals surface area contributed by atoms with Gasteiger partial charge in [0.05, 0.1) is 11.4 Å². The van der Waals surface area contributed by atoms with Gasteiger partial charge in [0, 0.05) is 0 Å². The standard InChI is InChI=1S/C14H14N4/c1-10-3-6-12(7-4-10)18-16-14-9-11(2)5-8-13(14)15-17-18/h3-9,16H,1-2H3. The third kappa shape index (κ3) is 1.93. The molecule has 2 aromatic carbocycles. The number of benzene rings is 2. The van der Waals surface area contributed by atoms with Crippen LogP contribution < -0.4 is 10.5 Å². The van der Waals surface area contributed by atoms with E-state index in [4.69, 9.17) is 0 Å². The summed E-state index contributed by atoms with van der Waals surface area (Å²) in [7, 11) is 0. The number of hydrazine groups is 1. The molecule has 18 heavy (non-hydrogen) atoms. The minimum absolute atomic E-state index is 0.865. The highest BCUT2D eigenvalue weighted by Gasteiger charge is 2.13. The van der Waals surface area contributed by atoms with Gasteiger partial charge in [-0.1, -0.05) is 23.8 Å². The van der Waals surface area contributed by atoms with Crippen molar-refractivity contribution in [3.05, 3.63) is 53.6 Å². The number of nitrogens with zero attached hydrogens (tertiary/aromatic N) is 3. The molecule has 0 fully saturated rings. The molecule has 1 heterocycles. The minimum Gasteiger partial charge on any atom is -0.274 e. The molecule has 0 unspecified atom stereocenters. The maximum atomic E-state index is 4.20. The van der Waals surface area contributed by atoms with Gasteiger partial charge in [-0.25, -0.2) is 0 Å². The van der Waals surface area contributed by atoms with Gasteiger partial charge in [-0.05, 0) is 48.9 Å². The Hall–Kier alpha value is -2.36. The van der Waals surface area contributed by atoms with Crippen LogP contribution in [0.4, 0.5) is 17.1 Å². The molecule has 90 valence electrons. The van der Waals surface area contributed by atoms with Gasteiger partial charge in [0.1, 0.15) is 5.69 Å². The van der Waals surface area contributed by atoms with Crippen LogP contribution in [0.25, 0.3) is 0 Å². The van der Waals surface area contributed by atoms with Crippen LogP contribution in [-0.2, 0) is 0 Å². The van der Waals surface area contributed by atoms with Gasteiger partial charge in [0.15, 0.2) is 0 Å². The molecule has 0 aromatic heterocycles. The second-order valence-electron chi connectivity index (χ2n) is 4.47. The van der Waals surface area contributed by atoms with E-state index in [0.29, 0.717) is 0 Å². The van der Waals surface area contributed by atoms with E-state index in [1.807, 2.05) is 24.3 Å². The molecule has 0 saturated carbocycles. The lowest BCUT2D eigenvalue weighted by Gasteiger charge is -2.24. The number of hydrogen-bond donors (Lipinski definition) is 1. The van der Waals surface area contributed by atoms with Crippen LogP contribution in [-0.4, -0.2) is 0 Å². The molecule has 0 amide bonds. The summed E-state index contributed by atoms with van der Waals surface area (Å²) >= 11 is 0. The highest BCUT2D eigenvalue weighted by atomic mass is 15.8. The average Bonchev–Trinajstić information content (AvgIpc) is 2.38. The summed E-state index contributed by atoms with van der Waals surface area (Å²) in [6, 6.07) is 14.2. The molecule has 4 heteroatoms. The molecule has 1 aliphatic rings. The molecule has 1 aliphatic heterocycles. The molecule has 2 aromatic rings. The smallest absolute Gasteiger partial charge is 0.112 e. The van der Waals surface area contributed by atoms with Gasteiger partial charge in [0.2, 0.25) is 0 Å². The summed E-state index contributed by atoms with van der Waals surface area (Å²) in [6.07, 6.45) is 0. The second kappa shape index (κ2) is 4.14. The van der Waals surface area contributed by atoms with Gasteiger partial charge in [-0.3, -0.25) is 5.43 Å². The average molecular weight is 238 g/mol. The Bertz CT molecular complexity index is 602. The highest BCUT2D eigenvalue weighted by molar-refractivity contribution is 5.70. The number of nitrogens with one attached hydrogen (secondary N) is 1. The van der Waals surface area contributed by atoms with Crippen LogP contribution in [0.1, 0.15) is 11.1 Å². The first kappa shape index (κ1) is 10.8. The van der Waals surface area contributed by atoms with E-state index in [0.717, 1.165) is 17.1 Å². The monoisotopic (exact) mass is 238 g/mol. The van der Waals surface area contributed by atoms with Crippen molar-refractivity contribution >= 4 is 17.1 Å². The van der Waals surface area contributed by atoms with E-state index in [1.54, 1.807) is 5.12 Å². The Morgan fingerprint density at radius 3 is 2.44 bits per heavy atom. The van der Waals surface area contributed by atoms with Crippen molar-refractivity contribution in [3.8, 4) is 0 Å². The van der Waals surface area contributed by atoms with Crippen LogP contribution in [0.3, 0.4) is 0 Å². The number of anilines is 2. The van der Waals surface area contributed by atoms with Crippen LogP contribution in [0, 0.1) is 13.8 Å². The first-order valence-corrected chi connectivity index (χ1v) is 5.88. The lowest BCUT2D eigenvalue weighted by molar-refractivity contribution is 0.882. The SMILES string of the molecule is Cc1ccc(N2N=Nc3ccc(C)cc3N2)cc1. The Morgan fingerprint density at radius 1 is 0.944 bits per heavy atom. The Kier molecular flexibility index (Phi) is 2.48. The number of fused-ring (bicyclic) bond motifs is 1. The number of aryl methyl sites for hydroxylation is 2. The molecule has 0 atom stereocenters. The van der Waals surface area contributed by atoms with Crippen LogP contribution in [0.5, 0.6) is 0 Å². The van der Waals surface area contributed by atoms with Crippen molar-refractivity contribution in [3.63, 3.8) is 0 Å². The van der Waals surface area contributed by atoms with Gasteiger partial charge < -0.3 is 0 Å². The second-order valence-corrected chi connectivity index (χ2v) is 4.47. The number of rotatable bonds is 1. The van der Waals surface area contributed by atoms with Crippen molar-refractivity contribution in [1.29, 1.82) is 0 Å². The summed E-state index contributed by atoms with van der Waals surface area (Å²) in [5, 5.41) is 10.0. The molecule has 0 aliphatic carbocycles. The van der Waals surface area contributed by atoms with Crippen molar-refractivity contribution in [1.82, 2.24) is 0 Å². The maximum Gasteiger partial charge on any atom is 0.112 e. The van der Waals surface area contributed by atoms with Gasteiger partial charge in [-0.2, -0.15) is 5.12 Å². The van der Waals surface area contributed by atoms with E-state index in [9.17, 15) is 0 Å². The van der Waals surface area contributed by atoms with E-state index in [-0.39, 0.29) is 0 Å². The predicted octanol–water partition coefficient (Wildman–Crippen LogP) is 4.15. The summed E-state index contributed by atoms with van der Waals surface area (Å²) < 4.78 is 0. The van der Waals surface area contributed by atoms with E-state index >= 15 is 0 Å². The lowest BCUT2D eigenvalue weighted by atomic mass is 10.2. The van der Waals surface area contributed by atoms with Crippen molar-refractivity contribution in [2.24, 2.45) is 10.3 Å². The zero-order chi connectivity index (χ0) is 12.5. The Morgan fingerprint density at radius 2 is 1.67 bits per heavy atom. The van der Waals surface area contributed by atoms with E-state index in [1.165, 1.54) is 11.1 Å². The van der Waals surface area contributed by atoms with E-state index in [2.05, 4.69) is 47.8 Å². The molecular formula is C14H14N4. The van der Waals surface area contributed by atoms with Crippen LogP contribution in [0.15, 0.2) is 52.8 Å². The topological polar surface area (TPSA) is 40.0 Å². The molecule has 0 spiro atoms. The van der Waals surface area contributed by atoms with Crippen molar-refractivity contribution in [2.45, 2.75) is 13.8 Å². The highest BCUT2D eigenvalue weighted by Crippen LogP contribution is 2.32. The third-order valence-corrected chi connectivity index (χ3v) is 2.90. The summed E-state index contributed by atoms with van der Waals surface area (Å²) in [6.45, 7) is 4.12. The fourth-order valence-corrected chi connectivity index (χ4v) is 1.86. The van der Waals surface area contributed by atoms with Gasteiger partial charge in [0.25, 0.3) is 0 Å². The van der Waals surface area contributed by atoms with E-state index < -0.39 is 0 Å². The zero-order valence-electron chi connectivity index (χ0n) is 10.4. The summed E-state index contributed by atoms with van der Waals surface area (Å²) in [5.74, 6) is 0. The fourth-order valence-electron chi connectivity index (χ4n) is 1.86. The summed E-state index contributed by atoms with van der Waals surface area (Å²) in [5.41, 5.74) is 8.48. The maximum absolute atomic E-state index is 4.20. The molecule has 0 saturated heterocycles. The normalized spacial score (nSPS) is 13.1. The lowest BCUT2D eigenvalue weighted by Crippen LogP contribution is -2.25. The first-order chi connectivity index (χ1) is 8.72. The largest absolute Gasteiger partial charge is 0.274 e. The third-order valence-electron chi connectivity index (χ3n) is 2.90. The Labute approximate surface area is 106 Å². The fraction of sp³-hybridized carbons (Fsp3) is 0.143. The predicted molar refractivity (Wildman–Crippen MR) is 73.0 cm³/mol. The molecule has 1 N–H and O–H groups in total. The zero-order valence-corrected chi connectivity index (χ0v) is 10.4. The van der Waals surface area contributed by atoms with Gasteiger partial charge >= 0.3 is 0 Å². The summed E-state index contributed by atoms with van der Waals surface area (Å²) in [4.78, 5) is 0. The first-order valence-electron chi connectivity index (χ1n) is 5.88. The quantitative estimate of drug-likeness (QED) is 0.810.